The Morgan fingerprint density at radius 2 is 1.27 bits per heavy atom. The maximum absolute atomic E-state index is 12.4. The Morgan fingerprint density at radius 3 is 1.73 bits per heavy atom. The summed E-state index contributed by atoms with van der Waals surface area (Å²) in [5.41, 5.74) is 1.40. The molecule has 0 unspecified atom stereocenters. The third-order valence-electron chi connectivity index (χ3n) is 6.50. The second kappa shape index (κ2) is 8.95. The van der Waals surface area contributed by atoms with E-state index in [1.807, 2.05) is 91.0 Å². The molecule has 0 aromatic heterocycles. The quantitative estimate of drug-likeness (QED) is 0.639. The van der Waals surface area contributed by atoms with E-state index in [0.29, 0.717) is 19.3 Å². The number of carbonyl (C=O) groups excluding carboxylic acids is 1. The van der Waals surface area contributed by atoms with Crippen molar-refractivity contribution in [2.45, 2.75) is 30.3 Å². The molecule has 1 saturated heterocycles. The van der Waals surface area contributed by atoms with Crippen LogP contribution in [0.2, 0.25) is 0 Å². The van der Waals surface area contributed by atoms with E-state index in [-0.39, 0.29) is 0 Å². The van der Waals surface area contributed by atoms with Crippen LogP contribution < -0.4 is 0 Å². The number of hydrogen-bond donors (Lipinski definition) is 1. The molecule has 0 amide bonds. The van der Waals surface area contributed by atoms with Crippen molar-refractivity contribution in [1.82, 2.24) is 4.90 Å². The van der Waals surface area contributed by atoms with Crippen LogP contribution in [-0.4, -0.2) is 35.9 Å². The molecule has 0 bridgehead atoms. The van der Waals surface area contributed by atoms with Gasteiger partial charge < -0.3 is 10.0 Å². The Kier molecular flexibility index (Phi) is 6.12. The fourth-order valence-electron chi connectivity index (χ4n) is 4.58. The van der Waals surface area contributed by atoms with E-state index in [1.165, 1.54) is 0 Å². The van der Waals surface area contributed by atoms with Crippen molar-refractivity contribution < 1.29 is 9.90 Å². The van der Waals surface area contributed by atoms with Crippen molar-refractivity contribution in [2.24, 2.45) is 0 Å². The Labute approximate surface area is 179 Å². The van der Waals surface area contributed by atoms with Gasteiger partial charge >= 0.3 is 0 Å². The molecule has 3 heteroatoms. The van der Waals surface area contributed by atoms with E-state index in [0.717, 1.165) is 36.3 Å². The van der Waals surface area contributed by atoms with Gasteiger partial charge in [0.2, 0.25) is 6.29 Å². The summed E-state index contributed by atoms with van der Waals surface area (Å²) >= 11 is 0. The summed E-state index contributed by atoms with van der Waals surface area (Å²) in [7, 11) is 0. The number of rotatable bonds is 7. The summed E-state index contributed by atoms with van der Waals surface area (Å²) in [6, 6.07) is 29.9. The van der Waals surface area contributed by atoms with Gasteiger partial charge in [-0.25, -0.2) is 0 Å². The summed E-state index contributed by atoms with van der Waals surface area (Å²) in [6.07, 6.45) is 4.46. The molecule has 1 fully saturated rings. The lowest BCUT2D eigenvalue weighted by atomic mass is 9.73. The summed E-state index contributed by atoms with van der Waals surface area (Å²) < 4.78 is 0. The summed E-state index contributed by atoms with van der Waals surface area (Å²) in [4.78, 5) is 14.8. The third-order valence-corrected chi connectivity index (χ3v) is 6.50. The second-order valence-corrected chi connectivity index (χ2v) is 8.23. The van der Waals surface area contributed by atoms with Gasteiger partial charge in [-0.3, -0.25) is 4.79 Å². The van der Waals surface area contributed by atoms with E-state index in [1.54, 1.807) is 0 Å². The zero-order chi connectivity index (χ0) is 20.9. The number of hydrogen-bond acceptors (Lipinski definition) is 3. The minimum atomic E-state index is -0.782. The minimum Gasteiger partial charge on any atom is -0.385 e. The molecule has 1 N–H and O–H groups in total. The van der Waals surface area contributed by atoms with E-state index >= 15 is 0 Å². The molecule has 1 aliphatic heterocycles. The molecule has 0 atom stereocenters. The standard InChI is InChI=1S/C27H28NO2/c29-22-26(23-10-4-1-5-11-23,24-12-6-2-7-13-24)16-19-28-20-17-27(30,18-21-28)25-14-8-3-9-15-25/h1-15,30H,16-21H2. The van der Waals surface area contributed by atoms with E-state index in [4.69, 9.17) is 0 Å². The molecule has 0 spiro atoms. The van der Waals surface area contributed by atoms with Crippen LogP contribution in [-0.2, 0) is 15.8 Å². The molecule has 0 saturated carbocycles. The predicted octanol–water partition coefficient (Wildman–Crippen LogP) is 4.46. The summed E-state index contributed by atoms with van der Waals surface area (Å²) in [6.45, 7) is 2.40. The number of aliphatic hydroxyl groups is 1. The third kappa shape index (κ3) is 4.09. The van der Waals surface area contributed by atoms with Crippen molar-refractivity contribution >= 4 is 6.29 Å². The lowest BCUT2D eigenvalue weighted by Gasteiger charge is -2.40. The first-order chi connectivity index (χ1) is 14.7. The molecule has 3 nitrogen and oxygen atoms in total. The molecular weight excluding hydrogens is 370 g/mol. The molecule has 30 heavy (non-hydrogen) atoms. The van der Waals surface area contributed by atoms with Crippen LogP contribution in [0.25, 0.3) is 0 Å². The van der Waals surface area contributed by atoms with Crippen molar-refractivity contribution in [3.8, 4) is 0 Å². The van der Waals surface area contributed by atoms with Crippen LogP contribution in [0.15, 0.2) is 91.0 Å². The Balaban J connectivity index is 1.50. The summed E-state index contributed by atoms with van der Waals surface area (Å²) in [5, 5.41) is 11.1. The molecule has 3 aromatic carbocycles. The largest absolute Gasteiger partial charge is 0.385 e. The zero-order valence-corrected chi connectivity index (χ0v) is 17.2. The second-order valence-electron chi connectivity index (χ2n) is 8.23. The average molecular weight is 399 g/mol. The maximum atomic E-state index is 12.4. The topological polar surface area (TPSA) is 40.5 Å². The highest BCUT2D eigenvalue weighted by Crippen LogP contribution is 2.36. The van der Waals surface area contributed by atoms with Crippen LogP contribution in [0, 0.1) is 0 Å². The van der Waals surface area contributed by atoms with Gasteiger partial charge in [-0.1, -0.05) is 91.0 Å². The molecule has 1 aliphatic rings. The highest BCUT2D eigenvalue weighted by Gasteiger charge is 2.38. The van der Waals surface area contributed by atoms with E-state index in [2.05, 4.69) is 11.2 Å². The average Bonchev–Trinajstić information content (AvgIpc) is 2.83. The van der Waals surface area contributed by atoms with Crippen molar-refractivity contribution in [1.29, 1.82) is 0 Å². The van der Waals surface area contributed by atoms with Crippen LogP contribution in [0.5, 0.6) is 0 Å². The first-order valence-corrected chi connectivity index (χ1v) is 10.7. The Bertz CT molecular complexity index is 893. The highest BCUT2D eigenvalue weighted by atomic mass is 16.3. The normalized spacial score (nSPS) is 16.8. The molecular formula is C27H28NO2. The van der Waals surface area contributed by atoms with Crippen LogP contribution in [0.3, 0.4) is 0 Å². The van der Waals surface area contributed by atoms with E-state index in [9.17, 15) is 9.90 Å². The fraction of sp³-hybridized carbons (Fsp3) is 0.296. The van der Waals surface area contributed by atoms with Crippen LogP contribution in [0.4, 0.5) is 0 Å². The zero-order valence-electron chi connectivity index (χ0n) is 17.2. The van der Waals surface area contributed by atoms with Crippen LogP contribution in [0.1, 0.15) is 36.0 Å². The molecule has 3 aromatic rings. The summed E-state index contributed by atoms with van der Waals surface area (Å²) in [5.74, 6) is 0. The molecule has 1 heterocycles. The maximum Gasteiger partial charge on any atom is 0.214 e. The van der Waals surface area contributed by atoms with Crippen LogP contribution >= 0.6 is 0 Å². The van der Waals surface area contributed by atoms with Gasteiger partial charge in [0.15, 0.2) is 0 Å². The lowest BCUT2D eigenvalue weighted by Crippen LogP contribution is -2.44. The fourth-order valence-corrected chi connectivity index (χ4v) is 4.58. The van der Waals surface area contributed by atoms with Crippen molar-refractivity contribution in [3.05, 3.63) is 108 Å². The van der Waals surface area contributed by atoms with Gasteiger partial charge in [0, 0.05) is 13.1 Å². The Morgan fingerprint density at radius 1 is 0.800 bits per heavy atom. The van der Waals surface area contributed by atoms with E-state index < -0.39 is 11.0 Å². The smallest absolute Gasteiger partial charge is 0.214 e. The van der Waals surface area contributed by atoms with Gasteiger partial charge in [-0.2, -0.15) is 0 Å². The van der Waals surface area contributed by atoms with Crippen molar-refractivity contribution in [3.63, 3.8) is 0 Å². The molecule has 0 aliphatic carbocycles. The highest BCUT2D eigenvalue weighted by molar-refractivity contribution is 5.75. The number of benzene rings is 3. The molecule has 4 rings (SSSR count). The number of nitrogens with zero attached hydrogens (tertiary/aromatic N) is 1. The lowest BCUT2D eigenvalue weighted by molar-refractivity contribution is -0.0264. The van der Waals surface area contributed by atoms with Crippen molar-refractivity contribution in [2.75, 3.05) is 19.6 Å². The minimum absolute atomic E-state index is 0.661. The van der Waals surface area contributed by atoms with Gasteiger partial charge in [0.25, 0.3) is 0 Å². The van der Waals surface area contributed by atoms with Gasteiger partial charge in [-0.05, 0) is 42.5 Å². The predicted molar refractivity (Wildman–Crippen MR) is 120 cm³/mol. The first kappa shape index (κ1) is 20.5. The molecule has 1 radical (unpaired) electrons. The van der Waals surface area contributed by atoms with Gasteiger partial charge in [0.05, 0.1) is 11.0 Å². The SMILES string of the molecule is O=[C]C(CCN1CCC(O)(c2ccccc2)CC1)(c1ccccc1)c1ccccc1. The number of piperidine rings is 1. The van der Waals surface area contributed by atoms with Gasteiger partial charge in [-0.15, -0.1) is 0 Å². The monoisotopic (exact) mass is 398 g/mol. The number of likely N-dealkylation sites (tertiary alicyclic amines) is 1. The van der Waals surface area contributed by atoms with Gasteiger partial charge in [0.1, 0.15) is 0 Å². The first-order valence-electron chi connectivity index (χ1n) is 10.7. The molecule has 153 valence electrons. The Hall–Kier alpha value is -2.75.